The Hall–Kier alpha value is -0.730. The molecule has 168 valence electrons. The summed E-state index contributed by atoms with van der Waals surface area (Å²) in [5, 5.41) is 3.12. The molecule has 0 radical (unpaired) electrons. The molecule has 0 bridgehead atoms. The summed E-state index contributed by atoms with van der Waals surface area (Å²) in [5.74, 6) is 2.31. The number of amides is 1. The zero-order valence-corrected chi connectivity index (χ0v) is 21.5. The van der Waals surface area contributed by atoms with Gasteiger partial charge in [0.1, 0.15) is 5.60 Å². The molecule has 0 aliphatic carbocycles. The minimum absolute atomic E-state index is 0.0846. The molecule has 0 aromatic heterocycles. The van der Waals surface area contributed by atoms with Crippen LogP contribution in [0.4, 0.5) is 4.79 Å². The van der Waals surface area contributed by atoms with Crippen LogP contribution in [0, 0.1) is 34.5 Å². The van der Waals surface area contributed by atoms with Crippen molar-refractivity contribution >= 4 is 6.09 Å². The van der Waals surface area contributed by atoms with Gasteiger partial charge in [-0.2, -0.15) is 0 Å². The van der Waals surface area contributed by atoms with Gasteiger partial charge in [-0.25, -0.2) is 4.79 Å². The van der Waals surface area contributed by atoms with Crippen LogP contribution in [0.3, 0.4) is 0 Å². The van der Waals surface area contributed by atoms with Gasteiger partial charge in [0.25, 0.3) is 0 Å². The molecule has 3 heteroatoms. The monoisotopic (exact) mass is 397 g/mol. The minimum Gasteiger partial charge on any atom is -0.444 e. The highest BCUT2D eigenvalue weighted by Gasteiger charge is 2.40. The summed E-state index contributed by atoms with van der Waals surface area (Å²) in [7, 11) is 0. The van der Waals surface area contributed by atoms with Gasteiger partial charge >= 0.3 is 6.09 Å². The summed E-state index contributed by atoms with van der Waals surface area (Å²) in [4.78, 5) is 12.7. The van der Waals surface area contributed by atoms with Gasteiger partial charge in [-0.15, -0.1) is 0 Å². The van der Waals surface area contributed by atoms with E-state index in [1.54, 1.807) is 0 Å². The molecule has 0 aromatic carbocycles. The van der Waals surface area contributed by atoms with Crippen LogP contribution < -0.4 is 5.32 Å². The van der Waals surface area contributed by atoms with Crippen LogP contribution in [-0.2, 0) is 4.74 Å². The Balaban J connectivity index is 5.12. The second kappa shape index (κ2) is 9.39. The standard InChI is InChI=1S/C25H51NO2/c1-17(2)20(18(3)4)23(9,10)16-25(13,14)28-21(27)26-24(11,12)15-22(7,8)19(5)6/h17-20H,15-16H2,1-14H3,(H,26,27). The maximum atomic E-state index is 12.7. The maximum absolute atomic E-state index is 12.7. The molecule has 0 atom stereocenters. The van der Waals surface area contributed by atoms with Gasteiger partial charge in [0.15, 0.2) is 0 Å². The van der Waals surface area contributed by atoms with Crippen LogP contribution in [0.5, 0.6) is 0 Å². The molecule has 1 N–H and O–H groups in total. The van der Waals surface area contributed by atoms with Gasteiger partial charge in [0, 0.05) is 5.54 Å². The van der Waals surface area contributed by atoms with Crippen molar-refractivity contribution in [3.05, 3.63) is 0 Å². The molecule has 0 heterocycles. The zero-order chi connectivity index (χ0) is 22.7. The van der Waals surface area contributed by atoms with Gasteiger partial charge in [-0.1, -0.05) is 69.2 Å². The number of carbonyl (C=O) groups excluding carboxylic acids is 1. The van der Waals surface area contributed by atoms with Crippen molar-refractivity contribution in [2.24, 2.45) is 34.5 Å². The SMILES string of the molecule is CC(C)C(C(C)C)C(C)(C)CC(C)(C)OC(=O)NC(C)(C)CC(C)(C)C(C)C. The average Bonchev–Trinajstić information content (AvgIpc) is 2.30. The molecule has 0 rings (SSSR count). The van der Waals surface area contributed by atoms with Crippen molar-refractivity contribution in [1.29, 1.82) is 0 Å². The molecular weight excluding hydrogens is 346 g/mol. The van der Waals surface area contributed by atoms with Gasteiger partial charge in [0.2, 0.25) is 0 Å². The largest absolute Gasteiger partial charge is 0.444 e. The first-order chi connectivity index (χ1) is 12.2. The summed E-state index contributed by atoms with van der Waals surface area (Å²) in [5.41, 5.74) is -0.592. The lowest BCUT2D eigenvalue weighted by molar-refractivity contribution is -0.0266. The summed E-state index contributed by atoms with van der Waals surface area (Å²) >= 11 is 0. The topological polar surface area (TPSA) is 38.3 Å². The molecule has 0 spiro atoms. The number of hydrogen-bond donors (Lipinski definition) is 1. The fourth-order valence-electron chi connectivity index (χ4n) is 5.77. The second-order valence-corrected chi connectivity index (χ2v) is 12.7. The van der Waals surface area contributed by atoms with Crippen LogP contribution >= 0.6 is 0 Å². The van der Waals surface area contributed by atoms with E-state index in [2.05, 4.69) is 88.4 Å². The van der Waals surface area contributed by atoms with E-state index >= 15 is 0 Å². The molecule has 0 aliphatic rings. The zero-order valence-electron chi connectivity index (χ0n) is 21.5. The van der Waals surface area contributed by atoms with Gasteiger partial charge in [-0.3, -0.25) is 0 Å². The number of nitrogens with one attached hydrogen (secondary N) is 1. The molecular formula is C25H51NO2. The van der Waals surface area contributed by atoms with Crippen molar-refractivity contribution in [3.63, 3.8) is 0 Å². The third-order valence-corrected chi connectivity index (χ3v) is 6.49. The molecule has 0 aliphatic heterocycles. The smallest absolute Gasteiger partial charge is 0.408 e. The van der Waals surface area contributed by atoms with Gasteiger partial charge < -0.3 is 10.1 Å². The number of alkyl carbamates (subject to hydrolysis) is 1. The molecule has 1 amide bonds. The molecule has 0 saturated carbocycles. The third-order valence-electron chi connectivity index (χ3n) is 6.49. The van der Waals surface area contributed by atoms with Crippen molar-refractivity contribution in [2.75, 3.05) is 0 Å². The second-order valence-electron chi connectivity index (χ2n) is 12.7. The van der Waals surface area contributed by atoms with E-state index in [9.17, 15) is 4.79 Å². The first-order valence-electron chi connectivity index (χ1n) is 11.2. The van der Waals surface area contributed by atoms with Crippen LogP contribution in [0.25, 0.3) is 0 Å². The normalized spacial score (nSPS) is 14.4. The van der Waals surface area contributed by atoms with Crippen LogP contribution in [-0.4, -0.2) is 17.2 Å². The van der Waals surface area contributed by atoms with E-state index in [1.807, 2.05) is 13.8 Å². The number of hydrogen-bond acceptors (Lipinski definition) is 2. The summed E-state index contributed by atoms with van der Waals surface area (Å²) < 4.78 is 5.94. The van der Waals surface area contributed by atoms with Crippen molar-refractivity contribution in [2.45, 2.75) is 121 Å². The van der Waals surface area contributed by atoms with E-state index in [4.69, 9.17) is 4.74 Å². The highest BCUT2D eigenvalue weighted by Crippen LogP contribution is 2.44. The van der Waals surface area contributed by atoms with E-state index < -0.39 is 5.60 Å². The van der Waals surface area contributed by atoms with E-state index in [-0.39, 0.29) is 22.5 Å². The van der Waals surface area contributed by atoms with Crippen molar-refractivity contribution in [3.8, 4) is 0 Å². The summed E-state index contributed by atoms with van der Waals surface area (Å²) in [6.07, 6.45) is 1.43. The first-order valence-corrected chi connectivity index (χ1v) is 11.2. The quantitative estimate of drug-likeness (QED) is 0.410. The maximum Gasteiger partial charge on any atom is 0.408 e. The Morgan fingerprint density at radius 1 is 0.750 bits per heavy atom. The van der Waals surface area contributed by atoms with Crippen LogP contribution in [0.1, 0.15) is 110 Å². The molecule has 0 unspecified atom stereocenters. The lowest BCUT2D eigenvalue weighted by Gasteiger charge is -2.44. The predicted octanol–water partition coefficient (Wildman–Crippen LogP) is 7.69. The number of ether oxygens (including phenoxy) is 1. The van der Waals surface area contributed by atoms with E-state index in [1.165, 1.54) is 0 Å². The lowest BCUT2D eigenvalue weighted by atomic mass is 9.63. The predicted molar refractivity (Wildman–Crippen MR) is 123 cm³/mol. The Bertz CT molecular complexity index is 491. The molecule has 0 saturated heterocycles. The van der Waals surface area contributed by atoms with Gasteiger partial charge in [-0.05, 0) is 75.0 Å². The highest BCUT2D eigenvalue weighted by molar-refractivity contribution is 5.68. The van der Waals surface area contributed by atoms with Crippen LogP contribution in [0.15, 0.2) is 0 Å². The van der Waals surface area contributed by atoms with Crippen molar-refractivity contribution in [1.82, 2.24) is 5.32 Å². The summed E-state index contributed by atoms with van der Waals surface area (Å²) in [6.45, 7) is 31.1. The Morgan fingerprint density at radius 2 is 1.18 bits per heavy atom. The fraction of sp³-hybridized carbons (Fsp3) is 0.960. The molecule has 3 nitrogen and oxygen atoms in total. The Labute approximate surface area is 176 Å². The Morgan fingerprint density at radius 3 is 1.54 bits per heavy atom. The average molecular weight is 398 g/mol. The molecule has 28 heavy (non-hydrogen) atoms. The van der Waals surface area contributed by atoms with Crippen LogP contribution in [0.2, 0.25) is 0 Å². The molecule has 0 fully saturated rings. The molecule has 0 aromatic rings. The number of rotatable bonds is 10. The lowest BCUT2D eigenvalue weighted by Crippen LogP contribution is -2.50. The first kappa shape index (κ1) is 27.3. The Kier molecular flexibility index (Phi) is 9.14. The van der Waals surface area contributed by atoms with E-state index in [0.717, 1.165) is 12.8 Å². The number of carbonyl (C=O) groups is 1. The van der Waals surface area contributed by atoms with E-state index in [0.29, 0.717) is 23.7 Å². The summed E-state index contributed by atoms with van der Waals surface area (Å²) in [6, 6.07) is 0. The third kappa shape index (κ3) is 8.74. The highest BCUT2D eigenvalue weighted by atomic mass is 16.6. The van der Waals surface area contributed by atoms with Crippen molar-refractivity contribution < 1.29 is 9.53 Å². The van der Waals surface area contributed by atoms with Gasteiger partial charge in [0.05, 0.1) is 0 Å². The minimum atomic E-state index is -0.515. The fourth-order valence-corrected chi connectivity index (χ4v) is 5.77.